The van der Waals surface area contributed by atoms with E-state index in [1.807, 2.05) is 6.92 Å². The standard InChI is InChI=1S/C11H20O4/c1-5-11(4,7-12)9(13)8-6-14-10(2,3)15-8/h7-9,13H,5-6H2,1-4H3/t8-,9+,11?/m1/s1. The molecular formula is C11H20O4. The van der Waals surface area contributed by atoms with Gasteiger partial charge in [0.25, 0.3) is 0 Å². The zero-order valence-electron chi connectivity index (χ0n) is 9.82. The van der Waals surface area contributed by atoms with E-state index in [-0.39, 0.29) is 0 Å². The van der Waals surface area contributed by atoms with Gasteiger partial charge in [-0.05, 0) is 20.3 Å². The minimum absolute atomic E-state index is 0.331. The molecule has 1 rings (SSSR count). The lowest BCUT2D eigenvalue weighted by molar-refractivity contribution is -0.164. The Morgan fingerprint density at radius 3 is 2.60 bits per heavy atom. The minimum Gasteiger partial charge on any atom is -0.389 e. The van der Waals surface area contributed by atoms with Crippen LogP contribution >= 0.6 is 0 Å². The Kier molecular flexibility index (Phi) is 3.53. The van der Waals surface area contributed by atoms with Crippen LogP contribution in [0.4, 0.5) is 0 Å². The van der Waals surface area contributed by atoms with Crippen LogP contribution in [-0.4, -0.2) is 36.0 Å². The van der Waals surface area contributed by atoms with Gasteiger partial charge >= 0.3 is 0 Å². The van der Waals surface area contributed by atoms with Crippen LogP contribution in [0.15, 0.2) is 0 Å². The van der Waals surface area contributed by atoms with E-state index in [2.05, 4.69) is 0 Å². The third-order valence-electron chi connectivity index (χ3n) is 3.09. The highest BCUT2D eigenvalue weighted by molar-refractivity contribution is 5.59. The van der Waals surface area contributed by atoms with E-state index in [4.69, 9.17) is 9.47 Å². The Balaban J connectivity index is 2.69. The Morgan fingerprint density at radius 2 is 2.27 bits per heavy atom. The number of aliphatic hydroxyl groups is 1. The Morgan fingerprint density at radius 1 is 1.67 bits per heavy atom. The van der Waals surface area contributed by atoms with Gasteiger partial charge in [0, 0.05) is 0 Å². The summed E-state index contributed by atoms with van der Waals surface area (Å²) in [7, 11) is 0. The smallest absolute Gasteiger partial charge is 0.163 e. The average Bonchev–Trinajstić information content (AvgIpc) is 2.56. The van der Waals surface area contributed by atoms with Crippen LogP contribution in [-0.2, 0) is 14.3 Å². The Bertz CT molecular complexity index is 239. The monoisotopic (exact) mass is 216 g/mol. The van der Waals surface area contributed by atoms with E-state index in [0.717, 1.165) is 6.29 Å². The molecule has 4 heteroatoms. The molecule has 1 aliphatic rings. The molecule has 0 aromatic heterocycles. The van der Waals surface area contributed by atoms with E-state index in [0.29, 0.717) is 13.0 Å². The maximum Gasteiger partial charge on any atom is 0.163 e. The molecule has 1 fully saturated rings. The fraction of sp³-hybridized carbons (Fsp3) is 0.909. The van der Waals surface area contributed by atoms with Gasteiger partial charge in [0.05, 0.1) is 18.1 Å². The second-order valence-corrected chi connectivity index (χ2v) is 4.79. The van der Waals surface area contributed by atoms with Gasteiger partial charge in [0.15, 0.2) is 5.79 Å². The molecule has 3 atom stereocenters. The molecule has 0 aliphatic carbocycles. The number of carbonyl (C=O) groups is 1. The van der Waals surface area contributed by atoms with Crippen molar-refractivity contribution in [2.75, 3.05) is 6.61 Å². The van der Waals surface area contributed by atoms with Gasteiger partial charge in [0.2, 0.25) is 0 Å². The van der Waals surface area contributed by atoms with E-state index in [1.165, 1.54) is 0 Å². The van der Waals surface area contributed by atoms with Crippen LogP contribution in [0, 0.1) is 5.41 Å². The summed E-state index contributed by atoms with van der Waals surface area (Å²) in [6, 6.07) is 0. The van der Waals surface area contributed by atoms with Crippen LogP contribution in [0.5, 0.6) is 0 Å². The highest BCUT2D eigenvalue weighted by atomic mass is 16.7. The molecule has 0 saturated carbocycles. The summed E-state index contributed by atoms with van der Waals surface area (Å²) in [4.78, 5) is 11.0. The largest absolute Gasteiger partial charge is 0.389 e. The molecule has 1 N–H and O–H groups in total. The maximum absolute atomic E-state index is 11.0. The second-order valence-electron chi connectivity index (χ2n) is 4.79. The third kappa shape index (κ3) is 2.56. The summed E-state index contributed by atoms with van der Waals surface area (Å²) in [5.74, 6) is -0.664. The minimum atomic E-state index is -0.818. The molecule has 1 unspecified atom stereocenters. The molecule has 1 aliphatic heterocycles. The third-order valence-corrected chi connectivity index (χ3v) is 3.09. The molecular weight excluding hydrogens is 196 g/mol. The quantitative estimate of drug-likeness (QED) is 0.715. The van der Waals surface area contributed by atoms with Gasteiger partial charge in [-0.15, -0.1) is 0 Å². The van der Waals surface area contributed by atoms with Crippen LogP contribution in [0.25, 0.3) is 0 Å². The summed E-state index contributed by atoms with van der Waals surface area (Å²) < 4.78 is 10.9. The van der Waals surface area contributed by atoms with Crippen LogP contribution < -0.4 is 0 Å². The maximum atomic E-state index is 11.0. The van der Waals surface area contributed by atoms with Crippen LogP contribution in [0.2, 0.25) is 0 Å². The van der Waals surface area contributed by atoms with Crippen molar-refractivity contribution in [3.05, 3.63) is 0 Å². The first-order chi connectivity index (χ1) is 6.84. The van der Waals surface area contributed by atoms with Crippen molar-refractivity contribution in [2.45, 2.75) is 52.1 Å². The molecule has 1 saturated heterocycles. The number of hydrogen-bond acceptors (Lipinski definition) is 4. The van der Waals surface area contributed by atoms with Gasteiger partial charge in [-0.25, -0.2) is 0 Å². The Labute approximate surface area is 90.6 Å². The summed E-state index contributed by atoms with van der Waals surface area (Å²) in [5.41, 5.74) is -0.756. The molecule has 0 aromatic carbocycles. The van der Waals surface area contributed by atoms with Crippen molar-refractivity contribution in [3.63, 3.8) is 0 Å². The lowest BCUT2D eigenvalue weighted by atomic mass is 9.81. The summed E-state index contributed by atoms with van der Waals surface area (Å²) in [5, 5.41) is 10.1. The van der Waals surface area contributed by atoms with Gasteiger partial charge < -0.3 is 19.4 Å². The van der Waals surface area contributed by atoms with Gasteiger partial charge in [-0.2, -0.15) is 0 Å². The zero-order chi connectivity index (χ0) is 11.7. The highest BCUT2D eigenvalue weighted by Crippen LogP contribution is 2.32. The van der Waals surface area contributed by atoms with Crippen LogP contribution in [0.3, 0.4) is 0 Å². The first-order valence-corrected chi connectivity index (χ1v) is 5.31. The van der Waals surface area contributed by atoms with Gasteiger partial charge in [-0.1, -0.05) is 13.8 Å². The van der Waals surface area contributed by atoms with Crippen molar-refractivity contribution in [2.24, 2.45) is 5.41 Å². The number of aldehydes is 1. The van der Waals surface area contributed by atoms with E-state index in [1.54, 1.807) is 20.8 Å². The average molecular weight is 216 g/mol. The number of carbonyl (C=O) groups excluding carboxylic acids is 1. The van der Waals surface area contributed by atoms with Crippen LogP contribution in [0.1, 0.15) is 34.1 Å². The lowest BCUT2D eigenvalue weighted by Gasteiger charge is -2.31. The summed E-state index contributed by atoms with van der Waals surface area (Å²) in [6.45, 7) is 7.53. The highest BCUT2D eigenvalue weighted by Gasteiger charge is 2.44. The van der Waals surface area contributed by atoms with E-state index >= 15 is 0 Å². The molecule has 4 nitrogen and oxygen atoms in total. The van der Waals surface area contributed by atoms with Crippen molar-refractivity contribution in [3.8, 4) is 0 Å². The molecule has 88 valence electrons. The molecule has 0 spiro atoms. The van der Waals surface area contributed by atoms with Gasteiger partial charge in [-0.3, -0.25) is 0 Å². The fourth-order valence-corrected chi connectivity index (χ4v) is 1.66. The Hall–Kier alpha value is -0.450. The number of rotatable bonds is 4. The van der Waals surface area contributed by atoms with E-state index < -0.39 is 23.4 Å². The van der Waals surface area contributed by atoms with Crippen molar-refractivity contribution >= 4 is 6.29 Å². The van der Waals surface area contributed by atoms with Gasteiger partial charge in [0.1, 0.15) is 12.4 Å². The second kappa shape index (κ2) is 4.20. The summed E-state index contributed by atoms with van der Waals surface area (Å²) >= 11 is 0. The predicted octanol–water partition coefficient (Wildman–Crippen LogP) is 1.11. The summed E-state index contributed by atoms with van der Waals surface area (Å²) in [6.07, 6.45) is 0.140. The lowest BCUT2D eigenvalue weighted by Crippen LogP contribution is -2.44. The number of hydrogen-bond donors (Lipinski definition) is 1. The first-order valence-electron chi connectivity index (χ1n) is 5.31. The first kappa shape index (κ1) is 12.6. The molecule has 0 bridgehead atoms. The predicted molar refractivity (Wildman–Crippen MR) is 55.4 cm³/mol. The topological polar surface area (TPSA) is 55.8 Å². The fourth-order valence-electron chi connectivity index (χ4n) is 1.66. The van der Waals surface area contributed by atoms with E-state index in [9.17, 15) is 9.90 Å². The molecule has 0 amide bonds. The zero-order valence-corrected chi connectivity index (χ0v) is 9.82. The molecule has 1 heterocycles. The van der Waals surface area contributed by atoms with Crippen molar-refractivity contribution in [1.29, 1.82) is 0 Å². The molecule has 15 heavy (non-hydrogen) atoms. The molecule has 0 aromatic rings. The van der Waals surface area contributed by atoms with Crippen molar-refractivity contribution in [1.82, 2.24) is 0 Å². The normalized spacial score (nSPS) is 30.9. The van der Waals surface area contributed by atoms with Crippen molar-refractivity contribution < 1.29 is 19.4 Å². The molecule has 0 radical (unpaired) electrons. The number of ether oxygens (including phenoxy) is 2. The number of aliphatic hydroxyl groups excluding tert-OH is 1. The SMILES string of the molecule is CCC(C)(C=O)[C@@H](O)[C@H]1COC(C)(C)O1.